The van der Waals surface area contributed by atoms with E-state index in [1.807, 2.05) is 27.7 Å². The first-order valence-electron chi connectivity index (χ1n) is 15.5. The van der Waals surface area contributed by atoms with Crippen LogP contribution in [0.15, 0.2) is 6.33 Å². The number of aliphatic hydroxyl groups excluding tert-OH is 1. The highest BCUT2D eigenvalue weighted by molar-refractivity contribution is 7.54. The van der Waals surface area contributed by atoms with Gasteiger partial charge in [-0.2, -0.15) is 4.98 Å². The van der Waals surface area contributed by atoms with Gasteiger partial charge in [0.1, 0.15) is 35.7 Å². The van der Waals surface area contributed by atoms with Crippen LogP contribution in [0, 0.1) is 18.8 Å². The van der Waals surface area contributed by atoms with E-state index in [1.54, 1.807) is 20.8 Å². The molecule has 260 valence electrons. The number of aryl methyl sites for hydroxylation is 1. The van der Waals surface area contributed by atoms with E-state index in [0.717, 1.165) is 0 Å². The van der Waals surface area contributed by atoms with Gasteiger partial charge in [0.15, 0.2) is 17.4 Å². The Morgan fingerprint density at radius 3 is 2.09 bits per heavy atom. The fraction of sp³-hybridized carbons (Fsp3) is 0.759. The summed E-state index contributed by atoms with van der Waals surface area (Å²) >= 11 is 0. The number of hydrogen-bond donors (Lipinski definition) is 4. The van der Waals surface area contributed by atoms with Crippen molar-refractivity contribution in [2.75, 3.05) is 26.9 Å². The Labute approximate surface area is 269 Å². The molecule has 1 saturated heterocycles. The van der Waals surface area contributed by atoms with Crippen LogP contribution >= 0.6 is 7.67 Å². The molecular weight excluding hydrogens is 623 g/mol. The smallest absolute Gasteiger partial charge is 0.342 e. The average Bonchev–Trinajstić information content (AvgIpc) is 3.47. The van der Waals surface area contributed by atoms with Crippen LogP contribution in [-0.4, -0.2) is 98.5 Å². The summed E-state index contributed by atoms with van der Waals surface area (Å²) < 4.78 is 43.8. The number of nitrogens with zero attached hydrogens (tertiary/aromatic N) is 4. The number of imidazole rings is 1. The molecule has 2 aromatic heterocycles. The molecule has 17 heteroatoms. The third-order valence-electron chi connectivity index (χ3n) is 7.33. The van der Waals surface area contributed by atoms with Gasteiger partial charge in [-0.3, -0.25) is 18.7 Å². The van der Waals surface area contributed by atoms with Gasteiger partial charge in [-0.1, -0.05) is 27.7 Å². The minimum Gasteiger partial charge on any atom is -0.479 e. The van der Waals surface area contributed by atoms with Crippen molar-refractivity contribution in [3.63, 3.8) is 0 Å². The van der Waals surface area contributed by atoms with E-state index in [0.29, 0.717) is 17.0 Å². The summed E-state index contributed by atoms with van der Waals surface area (Å²) in [5, 5.41) is 28.2. The van der Waals surface area contributed by atoms with Crippen molar-refractivity contribution in [2.45, 2.75) is 104 Å². The number of carbonyl (C=O) groups excluding carboxylic acids is 2. The van der Waals surface area contributed by atoms with E-state index in [2.05, 4.69) is 25.1 Å². The van der Waals surface area contributed by atoms with Crippen molar-refractivity contribution in [2.24, 2.45) is 11.8 Å². The largest absolute Gasteiger partial charge is 0.479 e. The van der Waals surface area contributed by atoms with Crippen LogP contribution in [0.2, 0.25) is 0 Å². The standard InChI is InChI=1S/C29H49N6O10P/c1-10-42-26(37)19(12-16(3)4)33-46(40,34-20(13-17(5)6)27(38)43-11-2)44-14-21-23(36)29(8,39)28(45-21)35-15-30-22-24(35)31-18(7)32-25(22)41-9/h15-17,19-21,23,28,36,39H,10-14H2,1-9H3,(H2,33,34,40)/t19-,20-,21-,23?,28-,29+/m1/s1. The third kappa shape index (κ3) is 9.00. The van der Waals surface area contributed by atoms with Crippen LogP contribution < -0.4 is 14.9 Å². The van der Waals surface area contributed by atoms with Crippen LogP contribution in [-0.2, 0) is 32.9 Å². The predicted octanol–water partition coefficient (Wildman–Crippen LogP) is 2.41. The van der Waals surface area contributed by atoms with E-state index < -0.39 is 62.3 Å². The van der Waals surface area contributed by atoms with Gasteiger partial charge in [-0.05, 0) is 52.4 Å². The summed E-state index contributed by atoms with van der Waals surface area (Å²) in [6.45, 7) is 13.6. The first-order chi connectivity index (χ1) is 21.6. The average molecular weight is 673 g/mol. The van der Waals surface area contributed by atoms with Crippen LogP contribution in [0.4, 0.5) is 0 Å². The number of esters is 2. The lowest BCUT2D eigenvalue weighted by Crippen LogP contribution is -2.47. The fourth-order valence-corrected chi connectivity index (χ4v) is 7.04. The summed E-state index contributed by atoms with van der Waals surface area (Å²) in [4.78, 5) is 38.7. The molecule has 16 nitrogen and oxygen atoms in total. The van der Waals surface area contributed by atoms with Gasteiger partial charge in [0, 0.05) is 0 Å². The van der Waals surface area contributed by atoms with Gasteiger partial charge < -0.3 is 33.7 Å². The lowest BCUT2D eigenvalue weighted by atomic mass is 9.96. The molecular formula is C29H49N6O10P. The third-order valence-corrected chi connectivity index (χ3v) is 9.15. The molecule has 6 atom stereocenters. The molecule has 3 rings (SSSR count). The van der Waals surface area contributed by atoms with Crippen LogP contribution in [0.3, 0.4) is 0 Å². The molecule has 0 bridgehead atoms. The molecule has 1 aliphatic heterocycles. The van der Waals surface area contributed by atoms with Gasteiger partial charge in [0.2, 0.25) is 5.88 Å². The van der Waals surface area contributed by atoms with E-state index in [1.165, 1.54) is 24.9 Å². The normalized spacial score (nSPS) is 23.2. The van der Waals surface area contributed by atoms with Crippen molar-refractivity contribution in [1.29, 1.82) is 0 Å². The minimum absolute atomic E-state index is 0.00112. The number of fused-ring (bicyclic) bond motifs is 1. The number of nitrogens with one attached hydrogen (secondary N) is 2. The Balaban J connectivity index is 1.94. The predicted molar refractivity (Wildman–Crippen MR) is 167 cm³/mol. The highest BCUT2D eigenvalue weighted by Gasteiger charge is 2.54. The summed E-state index contributed by atoms with van der Waals surface area (Å²) in [5.74, 6) is -0.668. The maximum atomic E-state index is 14.5. The Kier molecular flexibility index (Phi) is 13.1. The molecule has 0 aliphatic carbocycles. The van der Waals surface area contributed by atoms with E-state index in [-0.39, 0.29) is 43.8 Å². The zero-order chi connectivity index (χ0) is 34.4. The molecule has 0 amide bonds. The van der Waals surface area contributed by atoms with Gasteiger partial charge in [0.25, 0.3) is 0 Å². The Morgan fingerprint density at radius 2 is 1.61 bits per heavy atom. The van der Waals surface area contributed by atoms with Crippen molar-refractivity contribution in [3.8, 4) is 5.88 Å². The van der Waals surface area contributed by atoms with E-state index >= 15 is 0 Å². The Hall–Kier alpha value is -2.72. The van der Waals surface area contributed by atoms with Crippen molar-refractivity contribution >= 4 is 30.8 Å². The number of ether oxygens (including phenoxy) is 4. The summed E-state index contributed by atoms with van der Waals surface area (Å²) in [6.07, 6.45) is -2.05. The maximum absolute atomic E-state index is 14.5. The van der Waals surface area contributed by atoms with Crippen molar-refractivity contribution < 1.29 is 47.8 Å². The van der Waals surface area contributed by atoms with Crippen LogP contribution in [0.25, 0.3) is 11.2 Å². The summed E-state index contributed by atoms with van der Waals surface area (Å²) in [7, 11) is -2.84. The summed E-state index contributed by atoms with van der Waals surface area (Å²) in [5.41, 5.74) is -1.26. The monoisotopic (exact) mass is 672 g/mol. The van der Waals surface area contributed by atoms with Gasteiger partial charge in [0.05, 0.1) is 33.3 Å². The highest BCUT2D eigenvalue weighted by Crippen LogP contribution is 2.45. The molecule has 1 unspecified atom stereocenters. The Bertz CT molecular complexity index is 1350. The Morgan fingerprint density at radius 1 is 1.07 bits per heavy atom. The number of hydrogen-bond acceptors (Lipinski definition) is 13. The molecule has 0 aromatic carbocycles. The van der Waals surface area contributed by atoms with Crippen LogP contribution in [0.5, 0.6) is 5.88 Å². The van der Waals surface area contributed by atoms with Crippen LogP contribution in [0.1, 0.15) is 73.4 Å². The zero-order valence-corrected chi connectivity index (χ0v) is 28.9. The van der Waals surface area contributed by atoms with Gasteiger partial charge in [-0.25, -0.2) is 20.1 Å². The SMILES string of the molecule is CCOC(=O)[C@@H](CC(C)C)NP(=O)(N[C@H](CC(C)C)C(=O)OCC)OC[C@H]1O[C@@H](n2cnc3c(OC)nc(C)nc32)[C@@](C)(O)C1O. The lowest BCUT2D eigenvalue weighted by Gasteiger charge is -2.30. The number of aliphatic hydroxyl groups is 2. The molecule has 0 saturated carbocycles. The molecule has 3 heterocycles. The first kappa shape index (κ1) is 37.7. The molecule has 1 fully saturated rings. The molecule has 4 N–H and O–H groups in total. The molecule has 1 aliphatic rings. The minimum atomic E-state index is -4.29. The first-order valence-corrected chi connectivity index (χ1v) is 17.1. The number of aromatic nitrogens is 4. The van der Waals surface area contributed by atoms with Gasteiger partial charge >= 0.3 is 19.6 Å². The second-order valence-corrected chi connectivity index (χ2v) is 14.2. The number of carbonyl (C=O) groups is 2. The van der Waals surface area contributed by atoms with E-state index in [9.17, 15) is 24.4 Å². The summed E-state index contributed by atoms with van der Waals surface area (Å²) in [6, 6.07) is -2.11. The second-order valence-electron chi connectivity index (χ2n) is 12.3. The second kappa shape index (κ2) is 15.9. The molecule has 46 heavy (non-hydrogen) atoms. The van der Waals surface area contributed by atoms with Crippen molar-refractivity contribution in [1.82, 2.24) is 29.7 Å². The lowest BCUT2D eigenvalue weighted by molar-refractivity contribution is -0.146. The van der Waals surface area contributed by atoms with E-state index in [4.69, 9.17) is 23.5 Å². The fourth-order valence-electron chi connectivity index (χ4n) is 5.22. The number of rotatable bonds is 17. The molecule has 0 spiro atoms. The molecule has 0 radical (unpaired) electrons. The van der Waals surface area contributed by atoms with Crippen molar-refractivity contribution in [3.05, 3.63) is 12.2 Å². The zero-order valence-electron chi connectivity index (χ0n) is 28.1. The topological polar surface area (TPSA) is 205 Å². The quantitative estimate of drug-likeness (QED) is 0.141. The number of methoxy groups -OCH3 is 1. The maximum Gasteiger partial charge on any atom is 0.342 e. The highest BCUT2D eigenvalue weighted by atomic mass is 31.2. The van der Waals surface area contributed by atoms with Gasteiger partial charge in [-0.15, -0.1) is 0 Å². The molecule has 2 aromatic rings.